The van der Waals surface area contributed by atoms with Crippen LogP contribution >= 0.6 is 0 Å². The maximum absolute atomic E-state index is 12.6. The van der Waals surface area contributed by atoms with Crippen LogP contribution in [0.1, 0.15) is 35.2 Å². The van der Waals surface area contributed by atoms with Gasteiger partial charge in [0.2, 0.25) is 0 Å². The summed E-state index contributed by atoms with van der Waals surface area (Å²) >= 11 is 0. The largest absolute Gasteiger partial charge is 0.481 e. The van der Waals surface area contributed by atoms with Crippen LogP contribution in [0.4, 0.5) is 0 Å². The molecule has 2 aromatic carbocycles. The van der Waals surface area contributed by atoms with E-state index in [1.165, 1.54) is 12.1 Å². The van der Waals surface area contributed by atoms with Crippen LogP contribution in [0.3, 0.4) is 0 Å². The van der Waals surface area contributed by atoms with Crippen molar-refractivity contribution in [3.8, 4) is 0 Å². The Morgan fingerprint density at radius 1 is 1.04 bits per heavy atom. The molecule has 0 bridgehead atoms. The van der Waals surface area contributed by atoms with Crippen LogP contribution in [0, 0.1) is 5.92 Å². The average molecular weight is 387 g/mol. The van der Waals surface area contributed by atoms with Crippen LogP contribution in [-0.4, -0.2) is 31.4 Å². The number of carboxylic acids is 1. The molecule has 0 aromatic heterocycles. The number of aliphatic carboxylic acids is 1. The fraction of sp³-hybridized carbons (Fsp3) is 0.300. The first-order valence-corrected chi connectivity index (χ1v) is 10.4. The fourth-order valence-corrected chi connectivity index (χ4v) is 4.70. The van der Waals surface area contributed by atoms with E-state index in [4.69, 9.17) is 5.11 Å². The third kappa shape index (κ3) is 4.74. The molecule has 1 fully saturated rings. The number of hydrogen-bond donors (Lipinski definition) is 2. The molecule has 0 unspecified atom stereocenters. The van der Waals surface area contributed by atoms with E-state index < -0.39 is 21.7 Å². The molecule has 0 heterocycles. The van der Waals surface area contributed by atoms with Gasteiger partial charge in [-0.1, -0.05) is 36.4 Å². The second-order valence-electron chi connectivity index (χ2n) is 6.79. The van der Waals surface area contributed by atoms with Crippen molar-refractivity contribution in [1.29, 1.82) is 0 Å². The van der Waals surface area contributed by atoms with E-state index in [0.29, 0.717) is 24.8 Å². The van der Waals surface area contributed by atoms with Gasteiger partial charge in [0.05, 0.1) is 16.6 Å². The molecule has 6 nitrogen and oxygen atoms in total. The molecule has 0 radical (unpaired) electrons. The molecule has 1 saturated carbocycles. The summed E-state index contributed by atoms with van der Waals surface area (Å²) in [7, 11) is -3.57. The number of amides is 1. The lowest BCUT2D eigenvalue weighted by atomic mass is 10.1. The Morgan fingerprint density at radius 3 is 2.44 bits per heavy atom. The van der Waals surface area contributed by atoms with E-state index >= 15 is 0 Å². The van der Waals surface area contributed by atoms with Crippen LogP contribution < -0.4 is 5.32 Å². The molecule has 2 N–H and O–H groups in total. The fourth-order valence-electron chi connectivity index (χ4n) is 3.31. The third-order valence-corrected chi connectivity index (χ3v) is 6.46. The molecule has 0 spiro atoms. The summed E-state index contributed by atoms with van der Waals surface area (Å²) in [5.41, 5.74) is 0.931. The lowest BCUT2D eigenvalue weighted by Gasteiger charge is -2.13. The van der Waals surface area contributed by atoms with Gasteiger partial charge in [0.15, 0.2) is 9.84 Å². The Balaban J connectivity index is 1.71. The van der Waals surface area contributed by atoms with Gasteiger partial charge in [0.25, 0.3) is 5.91 Å². The van der Waals surface area contributed by atoms with Crippen LogP contribution in [-0.2, 0) is 20.4 Å². The molecule has 7 heteroatoms. The van der Waals surface area contributed by atoms with Crippen molar-refractivity contribution in [2.45, 2.75) is 36.0 Å². The van der Waals surface area contributed by atoms with Crippen molar-refractivity contribution in [3.05, 3.63) is 65.7 Å². The first-order valence-electron chi connectivity index (χ1n) is 8.75. The number of carboxylic acid groups (broad SMARTS) is 1. The molecular weight excluding hydrogens is 366 g/mol. The van der Waals surface area contributed by atoms with Crippen molar-refractivity contribution >= 4 is 21.7 Å². The monoisotopic (exact) mass is 387 g/mol. The lowest BCUT2D eigenvalue weighted by Crippen LogP contribution is -2.33. The van der Waals surface area contributed by atoms with E-state index in [-0.39, 0.29) is 28.2 Å². The Morgan fingerprint density at radius 2 is 1.78 bits per heavy atom. The summed E-state index contributed by atoms with van der Waals surface area (Å²) < 4.78 is 25.3. The van der Waals surface area contributed by atoms with Crippen molar-refractivity contribution in [3.63, 3.8) is 0 Å². The molecule has 1 aliphatic carbocycles. The second-order valence-corrected chi connectivity index (χ2v) is 8.78. The van der Waals surface area contributed by atoms with Gasteiger partial charge in [-0.3, -0.25) is 9.59 Å². The number of nitrogens with one attached hydrogen (secondary N) is 1. The van der Waals surface area contributed by atoms with Crippen LogP contribution in [0.5, 0.6) is 0 Å². The van der Waals surface area contributed by atoms with Gasteiger partial charge in [-0.15, -0.1) is 0 Å². The molecule has 3 rings (SSSR count). The minimum atomic E-state index is -3.57. The first kappa shape index (κ1) is 19.1. The summed E-state index contributed by atoms with van der Waals surface area (Å²) in [6, 6.07) is 14.6. The second kappa shape index (κ2) is 7.92. The Hall–Kier alpha value is -2.67. The highest BCUT2D eigenvalue weighted by molar-refractivity contribution is 7.90. The van der Waals surface area contributed by atoms with Crippen molar-refractivity contribution in [2.24, 2.45) is 5.92 Å². The Bertz CT molecular complexity index is 940. The number of benzene rings is 2. The zero-order chi connectivity index (χ0) is 19.4. The number of hydrogen-bond acceptors (Lipinski definition) is 4. The first-order chi connectivity index (χ1) is 12.8. The van der Waals surface area contributed by atoms with Crippen LogP contribution in [0.25, 0.3) is 0 Å². The molecule has 2 atom stereocenters. The van der Waals surface area contributed by atoms with E-state index in [1.54, 1.807) is 36.4 Å². The highest BCUT2D eigenvalue weighted by Gasteiger charge is 2.30. The zero-order valence-electron chi connectivity index (χ0n) is 14.7. The summed E-state index contributed by atoms with van der Waals surface area (Å²) in [4.78, 5) is 23.6. The van der Waals surface area contributed by atoms with Gasteiger partial charge in [-0.05, 0) is 43.0 Å². The van der Waals surface area contributed by atoms with Crippen molar-refractivity contribution < 1.29 is 23.1 Å². The van der Waals surface area contributed by atoms with Crippen molar-refractivity contribution in [2.75, 3.05) is 0 Å². The van der Waals surface area contributed by atoms with E-state index in [9.17, 15) is 18.0 Å². The molecule has 142 valence electrons. The van der Waals surface area contributed by atoms with Gasteiger partial charge in [0.1, 0.15) is 0 Å². The van der Waals surface area contributed by atoms with Gasteiger partial charge in [-0.25, -0.2) is 8.42 Å². The number of rotatable bonds is 6. The third-order valence-electron chi connectivity index (χ3n) is 4.77. The molecule has 0 aliphatic heterocycles. The summed E-state index contributed by atoms with van der Waals surface area (Å²) in [5, 5.41) is 11.9. The number of sulfone groups is 1. The summed E-state index contributed by atoms with van der Waals surface area (Å²) in [6.45, 7) is 0. The van der Waals surface area contributed by atoms with Gasteiger partial charge in [-0.2, -0.15) is 0 Å². The minimum absolute atomic E-state index is 0.0915. The van der Waals surface area contributed by atoms with E-state index in [0.717, 1.165) is 0 Å². The molecular formula is C20H21NO5S. The maximum Gasteiger partial charge on any atom is 0.306 e. The smallest absolute Gasteiger partial charge is 0.306 e. The number of carbonyl (C=O) groups excluding carboxylic acids is 1. The number of carbonyl (C=O) groups is 2. The van der Waals surface area contributed by atoms with Gasteiger partial charge in [0, 0.05) is 11.6 Å². The van der Waals surface area contributed by atoms with Crippen LogP contribution in [0.15, 0.2) is 59.5 Å². The molecule has 0 saturated heterocycles. The topological polar surface area (TPSA) is 101 Å². The Kier molecular flexibility index (Phi) is 5.60. The summed E-state index contributed by atoms with van der Waals surface area (Å²) in [5.74, 6) is -1.81. The summed E-state index contributed by atoms with van der Waals surface area (Å²) in [6.07, 6.45) is 1.54. The standard InChI is InChI=1S/C20H21NO5S/c22-19(21-17-10-9-16(11-17)20(23)24)15-7-4-8-18(12-15)27(25,26)13-14-5-2-1-3-6-14/h1-8,12,16-17H,9-11,13H2,(H,21,22)(H,23,24)/t16-,17+/m0/s1. The molecule has 1 amide bonds. The van der Waals surface area contributed by atoms with Gasteiger partial charge >= 0.3 is 5.97 Å². The quantitative estimate of drug-likeness (QED) is 0.794. The maximum atomic E-state index is 12.6. The highest BCUT2D eigenvalue weighted by atomic mass is 32.2. The predicted molar refractivity (Wildman–Crippen MR) is 100 cm³/mol. The van der Waals surface area contributed by atoms with E-state index in [1.807, 2.05) is 6.07 Å². The van der Waals surface area contributed by atoms with E-state index in [2.05, 4.69) is 5.32 Å². The highest BCUT2D eigenvalue weighted by Crippen LogP contribution is 2.26. The van der Waals surface area contributed by atoms with Gasteiger partial charge < -0.3 is 10.4 Å². The minimum Gasteiger partial charge on any atom is -0.481 e. The van der Waals surface area contributed by atoms with Crippen molar-refractivity contribution in [1.82, 2.24) is 5.32 Å². The lowest BCUT2D eigenvalue weighted by molar-refractivity contribution is -0.141. The predicted octanol–water partition coefficient (Wildman–Crippen LogP) is 2.64. The normalized spacial score (nSPS) is 19.6. The Labute approximate surface area is 158 Å². The SMILES string of the molecule is O=C(N[C@@H]1CC[C@H](C(=O)O)C1)c1cccc(S(=O)(=O)Cc2ccccc2)c1. The molecule has 1 aliphatic rings. The zero-order valence-corrected chi connectivity index (χ0v) is 15.5. The molecule has 2 aromatic rings. The molecule has 27 heavy (non-hydrogen) atoms. The average Bonchev–Trinajstić information content (AvgIpc) is 3.11. The van der Waals surface area contributed by atoms with Crippen LogP contribution in [0.2, 0.25) is 0 Å².